The van der Waals surface area contributed by atoms with Gasteiger partial charge in [0, 0.05) is 0 Å². The van der Waals surface area contributed by atoms with Gasteiger partial charge in [0.1, 0.15) is 18.0 Å². The highest BCUT2D eigenvalue weighted by Crippen LogP contribution is 2.24. The number of hydrogen-bond donors (Lipinski definition) is 1. The summed E-state index contributed by atoms with van der Waals surface area (Å²) in [5, 5.41) is 2.41. The van der Waals surface area contributed by atoms with Crippen molar-refractivity contribution < 1.29 is 33.4 Å². The molecule has 0 aromatic heterocycles. The van der Waals surface area contributed by atoms with E-state index in [9.17, 15) is 19.2 Å². The Hall–Kier alpha value is -2.63. The molecule has 0 radical (unpaired) electrons. The number of carbonyl (C=O) groups excluding carboxylic acids is 4. The summed E-state index contributed by atoms with van der Waals surface area (Å²) in [5.74, 6) is -1.35. The first-order valence-corrected chi connectivity index (χ1v) is 8.34. The summed E-state index contributed by atoms with van der Waals surface area (Å²) in [6.07, 6.45) is 1.48. The standard InChI is InChI=1S/C16H15IN2O7/c1-24-13(20)7-19-15(22)11(18-16(19)23)6-9-3-4-12(10(17)5-9)26-8-14(21)25-2/h3-6H,7-8H2,1-2H3,(H,18,23)/b11-6+. The average molecular weight is 474 g/mol. The molecule has 1 heterocycles. The van der Waals surface area contributed by atoms with Crippen LogP contribution in [0.1, 0.15) is 5.56 Å². The van der Waals surface area contributed by atoms with E-state index in [1.54, 1.807) is 18.2 Å². The molecule has 2 rings (SSSR count). The van der Waals surface area contributed by atoms with Crippen LogP contribution in [-0.2, 0) is 23.9 Å². The second-order valence-corrected chi connectivity index (χ2v) is 6.17. The van der Waals surface area contributed by atoms with Gasteiger partial charge in [-0.25, -0.2) is 14.5 Å². The number of methoxy groups -OCH3 is 2. The van der Waals surface area contributed by atoms with Crippen molar-refractivity contribution in [1.82, 2.24) is 10.2 Å². The third kappa shape index (κ3) is 4.71. The number of urea groups is 1. The maximum atomic E-state index is 12.2. The van der Waals surface area contributed by atoms with Gasteiger partial charge in [-0.05, 0) is 46.4 Å². The fraction of sp³-hybridized carbons (Fsp3) is 0.250. The van der Waals surface area contributed by atoms with Crippen molar-refractivity contribution in [1.29, 1.82) is 0 Å². The number of halogens is 1. The van der Waals surface area contributed by atoms with Crippen LogP contribution in [0.4, 0.5) is 4.79 Å². The monoisotopic (exact) mass is 474 g/mol. The van der Waals surface area contributed by atoms with E-state index in [0.717, 1.165) is 4.90 Å². The van der Waals surface area contributed by atoms with E-state index >= 15 is 0 Å². The van der Waals surface area contributed by atoms with Crippen molar-refractivity contribution >= 4 is 52.5 Å². The zero-order valence-corrected chi connectivity index (χ0v) is 16.1. The molecule has 1 fully saturated rings. The number of rotatable bonds is 6. The Kier molecular flexibility index (Phi) is 6.55. The van der Waals surface area contributed by atoms with Gasteiger partial charge in [0.15, 0.2) is 6.61 Å². The molecule has 1 aromatic carbocycles. The third-order valence-electron chi connectivity index (χ3n) is 3.32. The van der Waals surface area contributed by atoms with E-state index in [0.29, 0.717) is 14.9 Å². The molecule has 9 nitrogen and oxygen atoms in total. The molecule has 3 amide bonds. The summed E-state index contributed by atoms with van der Waals surface area (Å²) >= 11 is 2.02. The van der Waals surface area contributed by atoms with Crippen LogP contribution in [0.3, 0.4) is 0 Å². The van der Waals surface area contributed by atoms with Crippen molar-refractivity contribution in [2.45, 2.75) is 0 Å². The molecule has 26 heavy (non-hydrogen) atoms. The van der Waals surface area contributed by atoms with Crippen LogP contribution in [0.15, 0.2) is 23.9 Å². The molecule has 0 atom stereocenters. The Morgan fingerprint density at radius 3 is 2.50 bits per heavy atom. The number of amides is 3. The highest BCUT2D eigenvalue weighted by atomic mass is 127. The van der Waals surface area contributed by atoms with E-state index in [4.69, 9.17) is 4.74 Å². The summed E-state index contributed by atoms with van der Waals surface area (Å²) in [6.45, 7) is -0.680. The van der Waals surface area contributed by atoms with Crippen LogP contribution in [0.5, 0.6) is 5.75 Å². The molecule has 1 N–H and O–H groups in total. The molecule has 0 bridgehead atoms. The summed E-state index contributed by atoms with van der Waals surface area (Å²) < 4.78 is 15.0. The van der Waals surface area contributed by atoms with Crippen LogP contribution in [-0.4, -0.2) is 56.1 Å². The van der Waals surface area contributed by atoms with Gasteiger partial charge in [-0.3, -0.25) is 9.59 Å². The fourth-order valence-electron chi connectivity index (χ4n) is 2.00. The molecule has 1 aromatic rings. The average Bonchev–Trinajstić information content (AvgIpc) is 2.87. The number of esters is 2. The van der Waals surface area contributed by atoms with E-state index in [1.807, 2.05) is 22.6 Å². The molecule has 1 saturated heterocycles. The molecule has 138 valence electrons. The molecular weight excluding hydrogens is 459 g/mol. The number of hydrogen-bond acceptors (Lipinski definition) is 7. The summed E-state index contributed by atoms with van der Waals surface area (Å²) in [4.78, 5) is 47.2. The molecule has 1 aliphatic heterocycles. The number of carbonyl (C=O) groups is 4. The predicted molar refractivity (Wildman–Crippen MR) is 96.9 cm³/mol. The van der Waals surface area contributed by atoms with Crippen LogP contribution in [0, 0.1) is 3.57 Å². The minimum absolute atomic E-state index is 0.0398. The minimum atomic E-state index is -0.698. The molecule has 10 heteroatoms. The SMILES string of the molecule is COC(=O)COc1ccc(/C=C2/NC(=O)N(CC(=O)OC)C2=O)cc1I. The molecule has 1 aliphatic rings. The fourth-order valence-corrected chi connectivity index (χ4v) is 2.69. The Bertz CT molecular complexity index is 791. The van der Waals surface area contributed by atoms with Gasteiger partial charge >= 0.3 is 18.0 Å². The molecule has 0 unspecified atom stereocenters. The zero-order chi connectivity index (χ0) is 19.3. The van der Waals surface area contributed by atoms with E-state index in [1.165, 1.54) is 20.3 Å². The summed E-state index contributed by atoms with van der Waals surface area (Å²) in [7, 11) is 2.44. The van der Waals surface area contributed by atoms with Crippen molar-refractivity contribution in [2.24, 2.45) is 0 Å². The Labute approximate surface area is 162 Å². The van der Waals surface area contributed by atoms with Gasteiger partial charge < -0.3 is 19.5 Å². The molecule has 0 saturated carbocycles. The zero-order valence-electron chi connectivity index (χ0n) is 13.9. The minimum Gasteiger partial charge on any atom is -0.481 e. The second kappa shape index (κ2) is 8.65. The molecular formula is C16H15IN2O7. The Morgan fingerprint density at radius 2 is 1.88 bits per heavy atom. The van der Waals surface area contributed by atoms with Crippen molar-refractivity contribution in [3.05, 3.63) is 33.0 Å². The number of benzene rings is 1. The quantitative estimate of drug-likeness (QED) is 0.283. The molecule has 0 spiro atoms. The highest BCUT2D eigenvalue weighted by Gasteiger charge is 2.35. The van der Waals surface area contributed by atoms with Crippen molar-refractivity contribution in [2.75, 3.05) is 27.4 Å². The lowest BCUT2D eigenvalue weighted by Crippen LogP contribution is -2.36. The third-order valence-corrected chi connectivity index (χ3v) is 4.16. The topological polar surface area (TPSA) is 111 Å². The Morgan fingerprint density at radius 1 is 1.19 bits per heavy atom. The van der Waals surface area contributed by atoms with Gasteiger partial charge in [0.05, 0.1) is 17.8 Å². The lowest BCUT2D eigenvalue weighted by atomic mass is 10.2. The maximum absolute atomic E-state index is 12.2. The largest absolute Gasteiger partial charge is 0.481 e. The molecule has 0 aliphatic carbocycles. The summed E-state index contributed by atoms with van der Waals surface area (Å²) in [5.41, 5.74) is 0.668. The number of ether oxygens (including phenoxy) is 3. The highest BCUT2D eigenvalue weighted by molar-refractivity contribution is 14.1. The number of nitrogens with one attached hydrogen (secondary N) is 1. The predicted octanol–water partition coefficient (Wildman–Crippen LogP) is 0.909. The van der Waals surface area contributed by atoms with E-state index in [-0.39, 0.29) is 12.3 Å². The lowest BCUT2D eigenvalue weighted by molar-refractivity contribution is -0.143. The lowest BCUT2D eigenvalue weighted by Gasteiger charge is -2.09. The summed E-state index contributed by atoms with van der Waals surface area (Å²) in [6, 6.07) is 4.30. The Balaban J connectivity index is 2.13. The van der Waals surface area contributed by atoms with Crippen LogP contribution >= 0.6 is 22.6 Å². The van der Waals surface area contributed by atoms with Gasteiger partial charge in [0.25, 0.3) is 5.91 Å². The number of imide groups is 1. The van der Waals surface area contributed by atoms with Crippen molar-refractivity contribution in [3.8, 4) is 5.75 Å². The van der Waals surface area contributed by atoms with Gasteiger partial charge in [-0.1, -0.05) is 6.07 Å². The van der Waals surface area contributed by atoms with Crippen LogP contribution in [0.25, 0.3) is 6.08 Å². The first kappa shape index (κ1) is 19.7. The normalized spacial score (nSPS) is 15.0. The van der Waals surface area contributed by atoms with Crippen LogP contribution < -0.4 is 10.1 Å². The van der Waals surface area contributed by atoms with Crippen LogP contribution in [0.2, 0.25) is 0 Å². The first-order valence-electron chi connectivity index (χ1n) is 7.26. The maximum Gasteiger partial charge on any atom is 0.343 e. The van der Waals surface area contributed by atoms with Gasteiger partial charge in [-0.2, -0.15) is 0 Å². The van der Waals surface area contributed by atoms with E-state index < -0.39 is 30.4 Å². The first-order chi connectivity index (χ1) is 12.3. The number of nitrogens with zero attached hydrogens (tertiary/aromatic N) is 1. The van der Waals surface area contributed by atoms with Gasteiger partial charge in [0.2, 0.25) is 0 Å². The van der Waals surface area contributed by atoms with Crippen molar-refractivity contribution in [3.63, 3.8) is 0 Å². The smallest absolute Gasteiger partial charge is 0.343 e. The van der Waals surface area contributed by atoms with Gasteiger partial charge in [-0.15, -0.1) is 0 Å². The second-order valence-electron chi connectivity index (χ2n) is 5.01. The van der Waals surface area contributed by atoms with E-state index in [2.05, 4.69) is 14.8 Å².